The number of hydrogen-bond acceptors (Lipinski definition) is 13. The lowest BCUT2D eigenvalue weighted by molar-refractivity contribution is -0.337. The van der Waals surface area contributed by atoms with Crippen molar-refractivity contribution in [3.05, 3.63) is 64.7 Å². The third kappa shape index (κ3) is 3.92. The van der Waals surface area contributed by atoms with E-state index in [1.165, 1.54) is 26.0 Å². The van der Waals surface area contributed by atoms with Gasteiger partial charge in [0.05, 0.1) is 19.8 Å². The van der Waals surface area contributed by atoms with Crippen molar-refractivity contribution >= 4 is 23.9 Å². The molecule has 44 heavy (non-hydrogen) atoms. The molecule has 4 aliphatic heterocycles. The van der Waals surface area contributed by atoms with Gasteiger partial charge in [0.2, 0.25) is 12.5 Å². The summed E-state index contributed by atoms with van der Waals surface area (Å²) in [5, 5.41) is 12.5. The SMILES string of the molecule is COC(=O)/C=C1\[C@H](OC(=O)c2ccccc2)[C@@]2(C)O[C@@](O)(C(=O)OC)[C@@]13COc1c4c(cc(c13)[C@H](OC(C)=O)[C@@H]2C)OCO4. The molecule has 0 saturated carbocycles. The number of carbonyl (C=O) groups is 4. The Hall–Kier alpha value is -4.62. The highest BCUT2D eigenvalue weighted by atomic mass is 16.7. The summed E-state index contributed by atoms with van der Waals surface area (Å²) in [7, 11) is 2.21. The number of hydrogen-bond donors (Lipinski definition) is 1. The van der Waals surface area contributed by atoms with E-state index in [1.807, 2.05) is 0 Å². The maximum absolute atomic E-state index is 13.7. The van der Waals surface area contributed by atoms with E-state index >= 15 is 0 Å². The van der Waals surface area contributed by atoms with Gasteiger partial charge in [0.1, 0.15) is 23.7 Å². The lowest BCUT2D eigenvalue weighted by Gasteiger charge is -2.59. The van der Waals surface area contributed by atoms with Gasteiger partial charge in [-0.1, -0.05) is 25.1 Å². The molecule has 1 fully saturated rings. The van der Waals surface area contributed by atoms with Crippen LogP contribution in [0.1, 0.15) is 48.4 Å². The van der Waals surface area contributed by atoms with Crippen LogP contribution >= 0.6 is 0 Å². The molecule has 232 valence electrons. The topological polar surface area (TPSA) is 162 Å². The molecule has 0 radical (unpaired) electrons. The number of ether oxygens (including phenoxy) is 8. The molecule has 1 saturated heterocycles. The fourth-order valence-electron chi connectivity index (χ4n) is 6.68. The summed E-state index contributed by atoms with van der Waals surface area (Å²) in [6, 6.07) is 9.67. The summed E-state index contributed by atoms with van der Waals surface area (Å²) in [6.07, 6.45) is -1.54. The van der Waals surface area contributed by atoms with Crippen LogP contribution in [-0.4, -0.2) is 74.1 Å². The summed E-state index contributed by atoms with van der Waals surface area (Å²) >= 11 is 0. The fourth-order valence-corrected chi connectivity index (χ4v) is 6.68. The standard InChI is InChI=1S/C31H30O13/c1-15-23(42-16(2)32)18-11-20-24(41-14-40-20)25-22(18)30(13-39-25)19(12-21(33)37-4)26(43-27(34)17-9-7-6-8-10-17)29(15,3)44-31(30,36)28(35)38-5/h6-12,15,23,26,36H,13-14H2,1-5H3/b19-12+/t15-,23+,26-,29-,30-,31-/m0/s1. The Morgan fingerprint density at radius 2 is 1.73 bits per heavy atom. The number of esters is 4. The van der Waals surface area contributed by atoms with E-state index < -0.39 is 65.4 Å². The summed E-state index contributed by atoms with van der Waals surface area (Å²) in [4.78, 5) is 52.9. The molecule has 2 aromatic rings. The minimum Gasteiger partial charge on any atom is -0.488 e. The van der Waals surface area contributed by atoms with Gasteiger partial charge in [-0.05, 0) is 25.1 Å². The Bertz CT molecular complexity index is 1600. The van der Waals surface area contributed by atoms with Crippen LogP contribution in [0.5, 0.6) is 17.2 Å². The molecule has 0 amide bonds. The zero-order chi connectivity index (χ0) is 31.6. The van der Waals surface area contributed by atoms with Gasteiger partial charge in [-0.15, -0.1) is 0 Å². The lowest BCUT2D eigenvalue weighted by Crippen LogP contribution is -2.75. The van der Waals surface area contributed by atoms with E-state index in [-0.39, 0.29) is 40.7 Å². The molecule has 2 aromatic carbocycles. The molecule has 4 heterocycles. The predicted molar refractivity (Wildman–Crippen MR) is 146 cm³/mol. The maximum Gasteiger partial charge on any atom is 0.367 e. The molecular weight excluding hydrogens is 580 g/mol. The van der Waals surface area contributed by atoms with Gasteiger partial charge in [0.15, 0.2) is 17.6 Å². The van der Waals surface area contributed by atoms with Crippen molar-refractivity contribution in [2.24, 2.45) is 5.92 Å². The summed E-state index contributed by atoms with van der Waals surface area (Å²) in [6.45, 7) is 3.67. The normalized spacial score (nSPS) is 31.7. The van der Waals surface area contributed by atoms with Gasteiger partial charge in [0, 0.05) is 35.6 Å². The first-order valence-electron chi connectivity index (χ1n) is 13.8. The Labute approximate surface area is 251 Å². The van der Waals surface area contributed by atoms with Gasteiger partial charge >= 0.3 is 23.9 Å². The van der Waals surface area contributed by atoms with Gasteiger partial charge in [-0.3, -0.25) is 4.79 Å². The summed E-state index contributed by atoms with van der Waals surface area (Å²) < 4.78 is 46.0. The second kappa shape index (κ2) is 10.2. The monoisotopic (exact) mass is 610 g/mol. The highest BCUT2D eigenvalue weighted by Crippen LogP contribution is 2.67. The Morgan fingerprint density at radius 3 is 2.39 bits per heavy atom. The quantitative estimate of drug-likeness (QED) is 0.298. The molecule has 7 rings (SSSR count). The van der Waals surface area contributed by atoms with E-state index in [2.05, 4.69) is 0 Å². The first-order valence-corrected chi connectivity index (χ1v) is 13.8. The molecule has 13 heteroatoms. The lowest BCUT2D eigenvalue weighted by atomic mass is 9.56. The summed E-state index contributed by atoms with van der Waals surface area (Å²) in [5.41, 5.74) is -3.45. The van der Waals surface area contributed by atoms with Crippen LogP contribution in [0, 0.1) is 5.92 Å². The Kier molecular flexibility index (Phi) is 6.85. The van der Waals surface area contributed by atoms with Crippen molar-refractivity contribution < 1.29 is 62.2 Å². The van der Waals surface area contributed by atoms with Crippen molar-refractivity contribution in [2.75, 3.05) is 27.6 Å². The first-order chi connectivity index (χ1) is 20.9. The molecule has 6 atom stereocenters. The smallest absolute Gasteiger partial charge is 0.367 e. The van der Waals surface area contributed by atoms with E-state index in [0.29, 0.717) is 5.56 Å². The largest absolute Gasteiger partial charge is 0.488 e. The van der Waals surface area contributed by atoms with E-state index in [4.69, 9.17) is 37.9 Å². The third-order valence-corrected chi connectivity index (χ3v) is 8.88. The van der Waals surface area contributed by atoms with Crippen LogP contribution in [0.4, 0.5) is 0 Å². The van der Waals surface area contributed by atoms with Crippen LogP contribution in [0.25, 0.3) is 0 Å². The van der Waals surface area contributed by atoms with Gasteiger partial charge in [-0.2, -0.15) is 0 Å². The van der Waals surface area contributed by atoms with Crippen LogP contribution in [0.2, 0.25) is 0 Å². The predicted octanol–water partition coefficient (Wildman–Crippen LogP) is 2.27. The number of aliphatic hydroxyl groups is 1. The van der Waals surface area contributed by atoms with Crippen molar-refractivity contribution in [1.29, 1.82) is 0 Å². The molecule has 1 N–H and O–H groups in total. The van der Waals surface area contributed by atoms with Crippen LogP contribution < -0.4 is 14.2 Å². The minimum atomic E-state index is -2.87. The molecule has 1 aliphatic carbocycles. The Morgan fingerprint density at radius 1 is 1.00 bits per heavy atom. The molecule has 0 aromatic heterocycles. The molecule has 1 spiro atoms. The first kappa shape index (κ1) is 29.5. The highest BCUT2D eigenvalue weighted by molar-refractivity contribution is 5.91. The van der Waals surface area contributed by atoms with E-state index in [0.717, 1.165) is 20.3 Å². The number of benzene rings is 2. The van der Waals surface area contributed by atoms with Crippen molar-refractivity contribution in [1.82, 2.24) is 0 Å². The molecule has 13 nitrogen and oxygen atoms in total. The van der Waals surface area contributed by atoms with Gasteiger partial charge in [0.25, 0.3) is 5.79 Å². The van der Waals surface area contributed by atoms with Crippen LogP contribution in [-0.2, 0) is 43.5 Å². The molecular formula is C31H30O13. The second-order valence-electron chi connectivity index (χ2n) is 11.1. The average Bonchev–Trinajstić information content (AvgIpc) is 3.65. The summed E-state index contributed by atoms with van der Waals surface area (Å²) in [5.74, 6) is -6.88. The van der Waals surface area contributed by atoms with E-state index in [9.17, 15) is 24.3 Å². The van der Waals surface area contributed by atoms with Gasteiger partial charge in [-0.25, -0.2) is 14.4 Å². The van der Waals surface area contributed by atoms with E-state index in [1.54, 1.807) is 31.2 Å². The number of carbonyl (C=O) groups excluding carboxylic acids is 4. The third-order valence-electron chi connectivity index (χ3n) is 8.88. The Balaban J connectivity index is 1.73. The van der Waals surface area contributed by atoms with Gasteiger partial charge < -0.3 is 43.0 Å². The average molecular weight is 611 g/mol. The number of fused-ring (bicyclic) bond motifs is 5. The molecule has 5 aliphatic rings. The van der Waals surface area contributed by atoms with Crippen molar-refractivity contribution in [3.8, 4) is 17.2 Å². The molecule has 2 bridgehead atoms. The highest BCUT2D eigenvalue weighted by Gasteiger charge is 2.77. The van der Waals surface area contributed by atoms with Crippen molar-refractivity contribution in [2.45, 2.75) is 49.8 Å². The van der Waals surface area contributed by atoms with Crippen LogP contribution in [0.3, 0.4) is 0 Å². The fraction of sp³-hybridized carbons (Fsp3) is 0.419. The zero-order valence-electron chi connectivity index (χ0n) is 24.5. The zero-order valence-corrected chi connectivity index (χ0v) is 24.5. The minimum absolute atomic E-state index is 0.0553. The van der Waals surface area contributed by atoms with Crippen LogP contribution in [0.15, 0.2) is 48.0 Å². The number of rotatable bonds is 5. The molecule has 0 unspecified atom stereocenters. The second-order valence-corrected chi connectivity index (χ2v) is 11.1. The number of methoxy groups -OCH3 is 2. The van der Waals surface area contributed by atoms with Crippen molar-refractivity contribution in [3.63, 3.8) is 0 Å². The maximum atomic E-state index is 13.7.